The highest BCUT2D eigenvalue weighted by atomic mass is 32.2. The van der Waals surface area contributed by atoms with Crippen LogP contribution in [0.25, 0.3) is 10.4 Å². The highest BCUT2D eigenvalue weighted by molar-refractivity contribution is 8.00. The number of aliphatic hydroxyl groups is 1. The number of hydrogen-bond donors (Lipinski definition) is 4. The molecule has 2 aromatic carbocycles. The minimum absolute atomic E-state index is 0.0320. The Morgan fingerprint density at radius 1 is 1.17 bits per heavy atom. The average molecular weight is 523 g/mol. The van der Waals surface area contributed by atoms with Gasteiger partial charge in [-0.15, -0.1) is 0 Å². The molecule has 0 saturated heterocycles. The lowest BCUT2D eigenvalue weighted by Crippen LogP contribution is -2.35. The van der Waals surface area contributed by atoms with E-state index in [4.69, 9.17) is 10.3 Å². The van der Waals surface area contributed by atoms with Crippen LogP contribution < -0.4 is 5.32 Å². The number of nitro groups is 2. The van der Waals surface area contributed by atoms with Crippen LogP contribution in [-0.4, -0.2) is 38.1 Å². The Labute approximate surface area is 210 Å². The van der Waals surface area contributed by atoms with E-state index in [1.165, 1.54) is 18.2 Å². The summed E-state index contributed by atoms with van der Waals surface area (Å²) in [6.45, 7) is -0.0605. The molecule has 0 atom stereocenters. The molecule has 15 heteroatoms. The number of nitrogens with zero attached hydrogens (tertiary/aromatic N) is 5. The molecule has 2 rings (SSSR count). The highest BCUT2D eigenvalue weighted by Gasteiger charge is 2.25. The van der Waals surface area contributed by atoms with Gasteiger partial charge < -0.3 is 15.2 Å². The van der Waals surface area contributed by atoms with Gasteiger partial charge in [-0.1, -0.05) is 11.2 Å². The third-order valence-electron chi connectivity index (χ3n) is 4.77. The molecular formula is C20H22N6O7S2. The van der Waals surface area contributed by atoms with Gasteiger partial charge in [-0.25, -0.2) is 0 Å². The van der Waals surface area contributed by atoms with Crippen molar-refractivity contribution < 1.29 is 24.5 Å². The number of carbonyl (C=O) groups excluding carboxylic acids is 1. The number of carbonyl (C=O) groups is 1. The quantitative estimate of drug-likeness (QED) is 0.0442. The van der Waals surface area contributed by atoms with Gasteiger partial charge in [0, 0.05) is 35.9 Å². The Hall–Kier alpha value is -3.36. The average Bonchev–Trinajstić information content (AvgIpc) is 2.82. The fraction of sp³-hybridized carbons (Fsp3) is 0.350. The molecule has 0 aliphatic heterocycles. The summed E-state index contributed by atoms with van der Waals surface area (Å²) in [6.07, 6.45) is 0.885. The zero-order chi connectivity index (χ0) is 26.0. The summed E-state index contributed by atoms with van der Waals surface area (Å²) in [4.78, 5) is 36.1. The summed E-state index contributed by atoms with van der Waals surface area (Å²) in [6, 6.07) is 7.88. The summed E-state index contributed by atoms with van der Waals surface area (Å²) in [5.41, 5.74) is 8.50. The number of azide groups is 1. The number of nitro benzene ring substituents is 2. The number of thiol groups is 2. The fourth-order valence-electron chi connectivity index (χ4n) is 3.03. The maximum Gasteiger partial charge on any atom is 0.282 e. The van der Waals surface area contributed by atoms with Crippen molar-refractivity contribution in [3.63, 3.8) is 0 Å². The summed E-state index contributed by atoms with van der Waals surface area (Å²) >= 11 is 8.84. The van der Waals surface area contributed by atoms with Crippen LogP contribution in [0.2, 0.25) is 0 Å². The zero-order valence-corrected chi connectivity index (χ0v) is 20.0. The van der Waals surface area contributed by atoms with Gasteiger partial charge in [-0.3, -0.25) is 25.0 Å². The SMILES string of the molecule is [N-]=[N+]=Nc1ccc([N+](=O)[O-])c(C(=O)NCC(S)(S)CCCOCc2ccc(CO)c([N+](=O)[O-])c2)c1. The van der Waals surface area contributed by atoms with Crippen molar-refractivity contribution in [1.82, 2.24) is 5.32 Å². The van der Waals surface area contributed by atoms with Crippen molar-refractivity contribution in [3.05, 3.63) is 83.8 Å². The summed E-state index contributed by atoms with van der Waals surface area (Å²) in [5, 5.41) is 37.4. The first-order valence-electron chi connectivity index (χ1n) is 10.1. The molecule has 186 valence electrons. The van der Waals surface area contributed by atoms with E-state index in [0.717, 1.165) is 12.1 Å². The number of hydrogen-bond acceptors (Lipinski definition) is 10. The molecule has 0 radical (unpaired) electrons. The second-order valence-electron chi connectivity index (χ2n) is 7.35. The summed E-state index contributed by atoms with van der Waals surface area (Å²) in [5.74, 6) is -0.747. The van der Waals surface area contributed by atoms with Gasteiger partial charge in [-0.05, 0) is 42.1 Å². The van der Waals surface area contributed by atoms with Crippen molar-refractivity contribution in [1.29, 1.82) is 0 Å². The van der Waals surface area contributed by atoms with Crippen LogP contribution >= 0.6 is 25.3 Å². The Morgan fingerprint density at radius 3 is 2.51 bits per heavy atom. The molecule has 0 heterocycles. The maximum atomic E-state index is 12.5. The minimum atomic E-state index is -0.961. The molecule has 0 unspecified atom stereocenters. The van der Waals surface area contributed by atoms with Crippen molar-refractivity contribution in [3.8, 4) is 0 Å². The lowest BCUT2D eigenvalue weighted by atomic mass is 10.1. The van der Waals surface area contributed by atoms with E-state index in [1.807, 2.05) is 0 Å². The van der Waals surface area contributed by atoms with Crippen LogP contribution in [0.5, 0.6) is 0 Å². The van der Waals surface area contributed by atoms with Gasteiger partial charge in [0.25, 0.3) is 17.3 Å². The van der Waals surface area contributed by atoms with E-state index < -0.39 is 32.1 Å². The monoisotopic (exact) mass is 522 g/mol. The summed E-state index contributed by atoms with van der Waals surface area (Å²) < 4.78 is 4.58. The molecule has 0 fully saturated rings. The van der Waals surface area contributed by atoms with Crippen LogP contribution in [0.1, 0.15) is 34.3 Å². The number of rotatable bonds is 13. The molecule has 0 bridgehead atoms. The highest BCUT2D eigenvalue weighted by Crippen LogP contribution is 2.27. The molecule has 0 saturated carbocycles. The molecule has 35 heavy (non-hydrogen) atoms. The molecule has 2 aromatic rings. The minimum Gasteiger partial charge on any atom is -0.391 e. The van der Waals surface area contributed by atoms with E-state index >= 15 is 0 Å². The first-order chi connectivity index (χ1) is 16.6. The predicted molar refractivity (Wildman–Crippen MR) is 133 cm³/mol. The molecule has 0 aliphatic carbocycles. The number of amides is 1. The topological polar surface area (TPSA) is 194 Å². The molecule has 0 aliphatic rings. The van der Waals surface area contributed by atoms with E-state index in [2.05, 4.69) is 40.6 Å². The van der Waals surface area contributed by atoms with Gasteiger partial charge in [0.15, 0.2) is 0 Å². The van der Waals surface area contributed by atoms with Crippen molar-refractivity contribution >= 4 is 48.2 Å². The van der Waals surface area contributed by atoms with Crippen LogP contribution in [0.3, 0.4) is 0 Å². The van der Waals surface area contributed by atoms with Crippen LogP contribution in [0, 0.1) is 20.2 Å². The Balaban J connectivity index is 1.86. The lowest BCUT2D eigenvalue weighted by Gasteiger charge is -2.23. The van der Waals surface area contributed by atoms with Gasteiger partial charge >= 0.3 is 0 Å². The zero-order valence-electron chi connectivity index (χ0n) is 18.2. The van der Waals surface area contributed by atoms with E-state index in [-0.39, 0.29) is 42.3 Å². The Bertz CT molecular complexity index is 1150. The third kappa shape index (κ3) is 8.42. The fourth-order valence-corrected chi connectivity index (χ4v) is 3.51. The molecule has 13 nitrogen and oxygen atoms in total. The number of ether oxygens (including phenoxy) is 1. The van der Waals surface area contributed by atoms with Gasteiger partial charge in [-0.2, -0.15) is 25.3 Å². The number of nitrogens with one attached hydrogen (secondary N) is 1. The first-order valence-corrected chi connectivity index (χ1v) is 11.0. The van der Waals surface area contributed by atoms with Gasteiger partial charge in [0.2, 0.25) is 0 Å². The second-order valence-corrected chi connectivity index (χ2v) is 9.41. The molecule has 1 amide bonds. The summed E-state index contributed by atoms with van der Waals surface area (Å²) in [7, 11) is 0. The molecular weight excluding hydrogens is 500 g/mol. The van der Waals surface area contributed by atoms with Crippen LogP contribution in [0.15, 0.2) is 41.5 Å². The molecule has 2 N–H and O–H groups in total. The Kier molecular flexibility index (Phi) is 10.3. The Morgan fingerprint density at radius 2 is 1.89 bits per heavy atom. The standard InChI is InChI=1S/C20H22N6O7S2/c21-24-23-15-4-5-17(25(29)30)16(9-15)19(28)22-12-20(34,35)6-1-7-33-11-13-2-3-14(10-27)18(8-13)26(31)32/h2-5,8-9,27,34-35H,1,6-7,10-12H2,(H,22,28). The first kappa shape index (κ1) is 27.9. The maximum absolute atomic E-state index is 12.5. The van der Waals surface area contributed by atoms with Crippen molar-refractivity contribution in [2.75, 3.05) is 13.2 Å². The van der Waals surface area contributed by atoms with E-state index in [9.17, 15) is 30.1 Å². The third-order valence-corrected chi connectivity index (χ3v) is 5.53. The predicted octanol–water partition coefficient (Wildman–Crippen LogP) is 4.22. The largest absolute Gasteiger partial charge is 0.391 e. The van der Waals surface area contributed by atoms with E-state index in [1.54, 1.807) is 6.07 Å². The smallest absolute Gasteiger partial charge is 0.282 e. The van der Waals surface area contributed by atoms with E-state index in [0.29, 0.717) is 18.4 Å². The van der Waals surface area contributed by atoms with Crippen LogP contribution in [0.4, 0.5) is 17.1 Å². The van der Waals surface area contributed by atoms with Crippen molar-refractivity contribution in [2.24, 2.45) is 5.11 Å². The number of aliphatic hydroxyl groups excluding tert-OH is 1. The molecule has 0 aromatic heterocycles. The normalized spacial score (nSPS) is 10.9. The number of benzene rings is 2. The second kappa shape index (κ2) is 12.9. The lowest BCUT2D eigenvalue weighted by molar-refractivity contribution is -0.386. The molecule has 0 spiro atoms. The van der Waals surface area contributed by atoms with Gasteiger partial charge in [0.1, 0.15) is 5.56 Å². The van der Waals surface area contributed by atoms with Crippen molar-refractivity contribution in [2.45, 2.75) is 30.1 Å². The van der Waals surface area contributed by atoms with Gasteiger partial charge in [0.05, 0.1) is 32.7 Å². The van der Waals surface area contributed by atoms with Crippen LogP contribution in [-0.2, 0) is 18.0 Å².